The summed E-state index contributed by atoms with van der Waals surface area (Å²) in [6, 6.07) is 9.84. The maximum atomic E-state index is 12.9. The van der Waals surface area contributed by atoms with Gasteiger partial charge in [0.05, 0.1) is 21.3 Å². The highest BCUT2D eigenvalue weighted by Gasteiger charge is 2.14. The van der Waals surface area contributed by atoms with Gasteiger partial charge in [0.15, 0.2) is 6.61 Å². The smallest absolute Gasteiger partial charge is 0.340 e. The molecule has 0 radical (unpaired) electrons. The van der Waals surface area contributed by atoms with Crippen LogP contribution in [0.2, 0.25) is 10.0 Å². The van der Waals surface area contributed by atoms with E-state index in [1.165, 1.54) is 18.2 Å². The number of ether oxygens (including phenoxy) is 1. The minimum atomic E-state index is -0.717. The lowest BCUT2D eigenvalue weighted by molar-refractivity contribution is -0.119. The molecule has 2 rings (SSSR count). The Morgan fingerprint density at radius 1 is 1.09 bits per heavy atom. The van der Waals surface area contributed by atoms with Crippen molar-refractivity contribution in [2.75, 3.05) is 11.9 Å². The van der Waals surface area contributed by atoms with Gasteiger partial charge in [-0.3, -0.25) is 4.79 Å². The lowest BCUT2D eigenvalue weighted by Crippen LogP contribution is -2.21. The average Bonchev–Trinajstić information content (AvgIpc) is 2.48. The molecule has 4 nitrogen and oxygen atoms in total. The molecule has 0 aliphatic rings. The molecule has 0 aliphatic heterocycles. The normalized spacial score (nSPS) is 10.1. The molecule has 2 aromatic carbocycles. The van der Waals surface area contributed by atoms with Crippen molar-refractivity contribution in [3.05, 3.63) is 63.9 Å². The fourth-order valence-corrected chi connectivity index (χ4v) is 2.04. The molecule has 0 saturated heterocycles. The first-order valence-corrected chi connectivity index (χ1v) is 6.89. The lowest BCUT2D eigenvalue weighted by Gasteiger charge is -2.08. The Kier molecular flexibility index (Phi) is 5.35. The van der Waals surface area contributed by atoms with Crippen molar-refractivity contribution in [3.8, 4) is 0 Å². The van der Waals surface area contributed by atoms with Crippen LogP contribution in [0.25, 0.3) is 0 Å². The van der Waals surface area contributed by atoms with Crippen molar-refractivity contribution >= 4 is 40.8 Å². The first-order chi connectivity index (χ1) is 10.5. The van der Waals surface area contributed by atoms with Crippen LogP contribution in [0, 0.1) is 5.82 Å². The van der Waals surface area contributed by atoms with E-state index in [1.54, 1.807) is 12.1 Å². The molecule has 0 bridgehead atoms. The number of benzene rings is 2. The van der Waals surface area contributed by atoms with Crippen LogP contribution < -0.4 is 5.32 Å². The van der Waals surface area contributed by atoms with Crippen molar-refractivity contribution in [2.24, 2.45) is 0 Å². The number of halogens is 3. The molecule has 0 atom stereocenters. The summed E-state index contributed by atoms with van der Waals surface area (Å²) in [5, 5.41) is 2.69. The van der Waals surface area contributed by atoms with Crippen LogP contribution in [-0.2, 0) is 9.53 Å². The maximum absolute atomic E-state index is 12.9. The number of rotatable bonds is 4. The largest absolute Gasteiger partial charge is 0.452 e. The molecule has 22 heavy (non-hydrogen) atoms. The van der Waals surface area contributed by atoms with E-state index in [1.807, 2.05) is 0 Å². The topological polar surface area (TPSA) is 55.4 Å². The highest BCUT2D eigenvalue weighted by molar-refractivity contribution is 6.34. The van der Waals surface area contributed by atoms with E-state index in [0.29, 0.717) is 0 Å². The van der Waals surface area contributed by atoms with Gasteiger partial charge in [0.2, 0.25) is 0 Å². The molecule has 0 unspecified atom stereocenters. The Labute approximate surface area is 135 Å². The molecule has 0 spiro atoms. The Balaban J connectivity index is 1.93. The first kappa shape index (κ1) is 16.3. The number of hydrogen-bond acceptors (Lipinski definition) is 3. The molecule has 0 aromatic heterocycles. The van der Waals surface area contributed by atoms with Crippen LogP contribution in [0.1, 0.15) is 10.4 Å². The van der Waals surface area contributed by atoms with Gasteiger partial charge in [0.1, 0.15) is 5.82 Å². The maximum Gasteiger partial charge on any atom is 0.340 e. The highest BCUT2D eigenvalue weighted by atomic mass is 35.5. The van der Waals surface area contributed by atoms with Crippen LogP contribution >= 0.6 is 23.2 Å². The van der Waals surface area contributed by atoms with Gasteiger partial charge in [-0.1, -0.05) is 35.3 Å². The zero-order chi connectivity index (χ0) is 16.1. The standard InChI is InChI=1S/C15H10Cl2FNO3/c16-11-4-2-1-3-10(11)15(21)22-8-14(20)19-13-6-5-9(18)7-12(13)17/h1-7H,8H2,(H,19,20). The minimum Gasteiger partial charge on any atom is -0.452 e. The minimum absolute atomic E-state index is 0.0470. The Morgan fingerprint density at radius 2 is 1.82 bits per heavy atom. The van der Waals surface area contributed by atoms with Crippen molar-refractivity contribution in [3.63, 3.8) is 0 Å². The zero-order valence-corrected chi connectivity index (χ0v) is 12.6. The fraction of sp³-hybridized carbons (Fsp3) is 0.0667. The number of anilines is 1. The van der Waals surface area contributed by atoms with Gasteiger partial charge in [-0.25, -0.2) is 9.18 Å². The van der Waals surface area contributed by atoms with E-state index < -0.39 is 24.3 Å². The fourth-order valence-electron chi connectivity index (χ4n) is 1.61. The number of esters is 1. The first-order valence-electron chi connectivity index (χ1n) is 6.14. The van der Waals surface area contributed by atoms with Gasteiger partial charge in [-0.05, 0) is 30.3 Å². The van der Waals surface area contributed by atoms with Gasteiger partial charge in [-0.15, -0.1) is 0 Å². The summed E-state index contributed by atoms with van der Waals surface area (Å²) in [6.45, 7) is -0.516. The number of carbonyl (C=O) groups excluding carboxylic acids is 2. The van der Waals surface area contributed by atoms with Gasteiger partial charge >= 0.3 is 5.97 Å². The zero-order valence-electron chi connectivity index (χ0n) is 11.1. The Hall–Kier alpha value is -2.11. The molecule has 114 valence electrons. The summed E-state index contributed by atoms with van der Waals surface area (Å²) >= 11 is 11.6. The molecule has 0 heterocycles. The molecule has 7 heteroatoms. The number of amides is 1. The quantitative estimate of drug-likeness (QED) is 0.857. The summed E-state index contributed by atoms with van der Waals surface area (Å²) in [5.74, 6) is -1.84. The summed E-state index contributed by atoms with van der Waals surface area (Å²) in [6.07, 6.45) is 0. The van der Waals surface area contributed by atoms with Crippen LogP contribution in [0.15, 0.2) is 42.5 Å². The predicted octanol–water partition coefficient (Wildman–Crippen LogP) is 3.93. The Bertz CT molecular complexity index is 722. The van der Waals surface area contributed by atoms with Crippen LogP contribution in [0.4, 0.5) is 10.1 Å². The lowest BCUT2D eigenvalue weighted by atomic mass is 10.2. The number of nitrogens with one attached hydrogen (secondary N) is 1. The highest BCUT2D eigenvalue weighted by Crippen LogP contribution is 2.22. The average molecular weight is 342 g/mol. The van der Waals surface area contributed by atoms with Crippen LogP contribution in [0.5, 0.6) is 0 Å². The molecular formula is C15H10Cl2FNO3. The van der Waals surface area contributed by atoms with Crippen LogP contribution in [0.3, 0.4) is 0 Å². The second kappa shape index (κ2) is 7.24. The second-order valence-corrected chi connectivity index (χ2v) is 5.04. The molecule has 0 saturated carbocycles. The van der Waals surface area contributed by atoms with E-state index >= 15 is 0 Å². The molecule has 2 aromatic rings. The summed E-state index contributed by atoms with van der Waals surface area (Å²) < 4.78 is 17.7. The third kappa shape index (κ3) is 4.19. The van der Waals surface area contributed by atoms with Crippen molar-refractivity contribution < 1.29 is 18.7 Å². The van der Waals surface area contributed by atoms with Crippen molar-refractivity contribution in [1.82, 2.24) is 0 Å². The molecular weight excluding hydrogens is 332 g/mol. The van der Waals surface area contributed by atoms with Crippen LogP contribution in [-0.4, -0.2) is 18.5 Å². The summed E-state index contributed by atoms with van der Waals surface area (Å²) in [7, 11) is 0. The summed E-state index contributed by atoms with van der Waals surface area (Å²) in [5.41, 5.74) is 0.388. The van der Waals surface area contributed by atoms with Gasteiger partial charge < -0.3 is 10.1 Å². The third-order valence-electron chi connectivity index (χ3n) is 2.63. The third-order valence-corrected chi connectivity index (χ3v) is 3.28. The van der Waals surface area contributed by atoms with Crippen molar-refractivity contribution in [1.29, 1.82) is 0 Å². The van der Waals surface area contributed by atoms with Gasteiger partial charge in [0.25, 0.3) is 5.91 Å². The Morgan fingerprint density at radius 3 is 2.50 bits per heavy atom. The monoisotopic (exact) mass is 341 g/mol. The van der Waals surface area contributed by atoms with Gasteiger partial charge in [0, 0.05) is 0 Å². The van der Waals surface area contributed by atoms with E-state index in [9.17, 15) is 14.0 Å². The molecule has 0 fully saturated rings. The van der Waals surface area contributed by atoms with E-state index in [0.717, 1.165) is 12.1 Å². The second-order valence-electron chi connectivity index (χ2n) is 4.23. The van der Waals surface area contributed by atoms with Crippen molar-refractivity contribution in [2.45, 2.75) is 0 Å². The van der Waals surface area contributed by atoms with E-state index in [-0.39, 0.29) is 21.3 Å². The number of carbonyl (C=O) groups is 2. The molecule has 1 N–H and O–H groups in total. The molecule has 0 aliphatic carbocycles. The number of hydrogen-bond donors (Lipinski definition) is 1. The molecule has 1 amide bonds. The van der Waals surface area contributed by atoms with Gasteiger partial charge in [-0.2, -0.15) is 0 Å². The predicted molar refractivity (Wildman–Crippen MR) is 81.8 cm³/mol. The van der Waals surface area contributed by atoms with E-state index in [2.05, 4.69) is 5.32 Å². The summed E-state index contributed by atoms with van der Waals surface area (Å²) in [4.78, 5) is 23.5. The SMILES string of the molecule is O=C(COC(=O)c1ccccc1Cl)Nc1ccc(F)cc1Cl. The van der Waals surface area contributed by atoms with E-state index in [4.69, 9.17) is 27.9 Å².